The molecular weight excluding hydrogens is 499 g/mol. The summed E-state index contributed by atoms with van der Waals surface area (Å²) in [4.78, 5) is 24.3. The van der Waals surface area contributed by atoms with Gasteiger partial charge in [-0.25, -0.2) is 4.39 Å². The smallest absolute Gasteiger partial charge is 0.311 e. The maximum Gasteiger partial charge on any atom is 0.311 e. The van der Waals surface area contributed by atoms with Crippen molar-refractivity contribution in [3.8, 4) is 5.75 Å². The first-order valence-electron chi connectivity index (χ1n) is 14.5. The molecule has 0 fully saturated rings. The molecule has 0 amide bonds. The molecule has 0 N–H and O–H groups in total. The van der Waals surface area contributed by atoms with E-state index in [0.717, 1.165) is 31.2 Å². The van der Waals surface area contributed by atoms with Gasteiger partial charge in [0, 0.05) is 12.0 Å². The molecule has 40 heavy (non-hydrogen) atoms. The summed E-state index contributed by atoms with van der Waals surface area (Å²) in [6.07, 6.45) is 18.6. The van der Waals surface area contributed by atoms with Crippen molar-refractivity contribution in [3.05, 3.63) is 114 Å². The zero-order valence-corrected chi connectivity index (χ0v) is 23.5. The fourth-order valence-corrected chi connectivity index (χ4v) is 4.54. The zero-order chi connectivity index (χ0) is 28.4. The third-order valence-corrected chi connectivity index (χ3v) is 6.98. The standard InChI is InChI=1S/C36H41FO3/c1-2-29-15-17-30(18-16-29)13-11-9-7-5-3-4-6-8-10-12-14-36(39)40-34-26-19-31(20-27-34)21-28-35(38)32-22-24-33(37)25-23-32/h2,15-28H,1,3-14H2. The van der Waals surface area contributed by atoms with E-state index in [1.54, 1.807) is 30.3 Å². The van der Waals surface area contributed by atoms with Crippen LogP contribution in [0, 0.1) is 5.82 Å². The van der Waals surface area contributed by atoms with Crippen LogP contribution < -0.4 is 4.74 Å². The summed E-state index contributed by atoms with van der Waals surface area (Å²) in [5.74, 6) is -0.293. The van der Waals surface area contributed by atoms with Crippen LogP contribution in [0.2, 0.25) is 0 Å². The molecule has 0 aliphatic rings. The number of halogens is 1. The quantitative estimate of drug-likeness (QED) is 0.0530. The molecule has 0 aromatic heterocycles. The summed E-state index contributed by atoms with van der Waals surface area (Å²) in [7, 11) is 0. The molecule has 3 nitrogen and oxygen atoms in total. The Morgan fingerprint density at radius 1 is 0.675 bits per heavy atom. The van der Waals surface area contributed by atoms with E-state index in [1.807, 2.05) is 6.08 Å². The molecule has 3 rings (SSSR count). The molecular formula is C36H41FO3. The lowest BCUT2D eigenvalue weighted by Gasteiger charge is -2.05. The molecule has 3 aromatic carbocycles. The number of unbranched alkanes of at least 4 members (excludes halogenated alkanes) is 9. The summed E-state index contributed by atoms with van der Waals surface area (Å²) in [5, 5.41) is 0. The van der Waals surface area contributed by atoms with Crippen LogP contribution >= 0.6 is 0 Å². The van der Waals surface area contributed by atoms with Gasteiger partial charge in [-0.1, -0.05) is 106 Å². The number of allylic oxidation sites excluding steroid dienone is 1. The van der Waals surface area contributed by atoms with Crippen LogP contribution in [-0.4, -0.2) is 11.8 Å². The van der Waals surface area contributed by atoms with Gasteiger partial charge in [0.25, 0.3) is 0 Å². The third kappa shape index (κ3) is 11.9. The number of carbonyl (C=O) groups excluding carboxylic acids is 2. The van der Waals surface area contributed by atoms with Crippen molar-refractivity contribution in [3.63, 3.8) is 0 Å². The van der Waals surface area contributed by atoms with Crippen molar-refractivity contribution >= 4 is 23.9 Å². The average molecular weight is 541 g/mol. The van der Waals surface area contributed by atoms with Crippen LogP contribution in [0.1, 0.15) is 97.7 Å². The van der Waals surface area contributed by atoms with Gasteiger partial charge in [0.15, 0.2) is 5.78 Å². The molecule has 0 radical (unpaired) electrons. The van der Waals surface area contributed by atoms with Crippen molar-refractivity contribution in [2.45, 2.75) is 77.0 Å². The van der Waals surface area contributed by atoms with E-state index in [-0.39, 0.29) is 17.6 Å². The summed E-state index contributed by atoms with van der Waals surface area (Å²) in [6, 6.07) is 21.2. The number of carbonyl (C=O) groups is 2. The molecule has 0 spiro atoms. The summed E-state index contributed by atoms with van der Waals surface area (Å²) in [6.45, 7) is 3.80. The van der Waals surface area contributed by atoms with Crippen LogP contribution in [0.4, 0.5) is 4.39 Å². The number of esters is 1. The Hall–Kier alpha value is -3.79. The van der Waals surface area contributed by atoms with E-state index in [4.69, 9.17) is 4.74 Å². The molecule has 0 bridgehead atoms. The number of ether oxygens (including phenoxy) is 1. The largest absolute Gasteiger partial charge is 0.427 e. The van der Waals surface area contributed by atoms with E-state index in [1.165, 1.54) is 86.4 Å². The second-order valence-electron chi connectivity index (χ2n) is 10.2. The fourth-order valence-electron chi connectivity index (χ4n) is 4.54. The van der Waals surface area contributed by atoms with Crippen LogP contribution in [-0.2, 0) is 11.2 Å². The highest BCUT2D eigenvalue weighted by Crippen LogP contribution is 2.17. The van der Waals surface area contributed by atoms with Gasteiger partial charge in [0.05, 0.1) is 0 Å². The Bertz CT molecular complexity index is 1210. The van der Waals surface area contributed by atoms with Crippen molar-refractivity contribution in [2.24, 2.45) is 0 Å². The predicted octanol–water partition coefficient (Wildman–Crippen LogP) is 9.80. The maximum absolute atomic E-state index is 13.0. The highest BCUT2D eigenvalue weighted by Gasteiger charge is 2.05. The number of benzene rings is 3. The maximum atomic E-state index is 13.0. The van der Waals surface area contributed by atoms with E-state index in [0.29, 0.717) is 17.7 Å². The lowest BCUT2D eigenvalue weighted by molar-refractivity contribution is -0.134. The topological polar surface area (TPSA) is 43.4 Å². The summed E-state index contributed by atoms with van der Waals surface area (Å²) < 4.78 is 18.4. The lowest BCUT2D eigenvalue weighted by atomic mass is 10.0. The van der Waals surface area contributed by atoms with Crippen LogP contribution in [0.3, 0.4) is 0 Å². The molecule has 0 atom stereocenters. The Labute approximate surface area is 238 Å². The van der Waals surface area contributed by atoms with Gasteiger partial charge in [0.1, 0.15) is 11.6 Å². The first kappa shape index (κ1) is 30.7. The van der Waals surface area contributed by atoms with Crippen molar-refractivity contribution in [1.29, 1.82) is 0 Å². The fraction of sp³-hybridized carbons (Fsp3) is 0.333. The van der Waals surface area contributed by atoms with Crippen LogP contribution in [0.5, 0.6) is 5.75 Å². The first-order valence-corrected chi connectivity index (χ1v) is 14.5. The third-order valence-electron chi connectivity index (χ3n) is 6.98. The van der Waals surface area contributed by atoms with Gasteiger partial charge in [-0.2, -0.15) is 0 Å². The summed E-state index contributed by atoms with van der Waals surface area (Å²) >= 11 is 0. The lowest BCUT2D eigenvalue weighted by Crippen LogP contribution is -2.07. The average Bonchev–Trinajstić information content (AvgIpc) is 2.98. The molecule has 0 saturated carbocycles. The molecule has 0 aliphatic heterocycles. The van der Waals surface area contributed by atoms with Crippen molar-refractivity contribution in [2.75, 3.05) is 0 Å². The number of rotatable bonds is 18. The van der Waals surface area contributed by atoms with Gasteiger partial charge in [-0.05, 0) is 78.4 Å². The molecule has 0 heterocycles. The van der Waals surface area contributed by atoms with E-state index < -0.39 is 0 Å². The minimum Gasteiger partial charge on any atom is -0.427 e. The second kappa shape index (κ2) is 17.7. The monoisotopic (exact) mass is 540 g/mol. The number of hydrogen-bond acceptors (Lipinski definition) is 3. The minimum absolute atomic E-state index is 0.201. The van der Waals surface area contributed by atoms with Gasteiger partial charge in [0.2, 0.25) is 0 Å². The molecule has 4 heteroatoms. The van der Waals surface area contributed by atoms with Crippen LogP contribution in [0.15, 0.2) is 85.5 Å². The second-order valence-corrected chi connectivity index (χ2v) is 10.2. The molecule has 0 unspecified atom stereocenters. The highest BCUT2D eigenvalue weighted by molar-refractivity contribution is 6.06. The van der Waals surface area contributed by atoms with E-state index in [9.17, 15) is 14.0 Å². The summed E-state index contributed by atoms with van der Waals surface area (Å²) in [5.41, 5.74) is 3.83. The Kier molecular flexibility index (Phi) is 13.6. The minimum atomic E-state index is -0.374. The van der Waals surface area contributed by atoms with Crippen molar-refractivity contribution < 1.29 is 18.7 Å². The first-order chi connectivity index (χ1) is 19.5. The van der Waals surface area contributed by atoms with Gasteiger partial charge >= 0.3 is 5.97 Å². The normalized spacial score (nSPS) is 11.0. The zero-order valence-electron chi connectivity index (χ0n) is 23.5. The molecule has 210 valence electrons. The molecule has 0 saturated heterocycles. The predicted molar refractivity (Wildman–Crippen MR) is 163 cm³/mol. The number of ketones is 1. The highest BCUT2D eigenvalue weighted by atomic mass is 19.1. The van der Waals surface area contributed by atoms with E-state index >= 15 is 0 Å². The van der Waals surface area contributed by atoms with E-state index in [2.05, 4.69) is 30.8 Å². The Morgan fingerprint density at radius 2 is 1.23 bits per heavy atom. The van der Waals surface area contributed by atoms with Gasteiger partial charge in [-0.15, -0.1) is 0 Å². The molecule has 0 aliphatic carbocycles. The van der Waals surface area contributed by atoms with Crippen molar-refractivity contribution in [1.82, 2.24) is 0 Å². The Morgan fingerprint density at radius 3 is 1.82 bits per heavy atom. The van der Waals surface area contributed by atoms with Gasteiger partial charge in [-0.3, -0.25) is 9.59 Å². The number of aryl methyl sites for hydroxylation is 1. The molecule has 3 aromatic rings. The van der Waals surface area contributed by atoms with Gasteiger partial charge < -0.3 is 4.74 Å². The SMILES string of the molecule is C=Cc1ccc(CCCCCCCCCCCCC(=O)Oc2ccc(C=CC(=O)c3ccc(F)cc3)cc2)cc1. The number of hydrogen-bond donors (Lipinski definition) is 0. The van der Waals surface area contributed by atoms with Crippen LogP contribution in [0.25, 0.3) is 12.2 Å². The Balaban J connectivity index is 1.17.